The maximum Gasteiger partial charge on any atom is 0.199 e. The summed E-state index contributed by atoms with van der Waals surface area (Å²) in [6, 6.07) is 5.02. The van der Waals surface area contributed by atoms with Gasteiger partial charge in [0.25, 0.3) is 0 Å². The third kappa shape index (κ3) is 2.27. The van der Waals surface area contributed by atoms with E-state index < -0.39 is 8.38 Å². The summed E-state index contributed by atoms with van der Waals surface area (Å²) in [4.78, 5) is 18.1. The summed E-state index contributed by atoms with van der Waals surface area (Å²) in [6.07, 6.45) is 5.17. The van der Waals surface area contributed by atoms with E-state index in [1.54, 1.807) is 18.2 Å². The maximum atomic E-state index is 9.05. The molecule has 0 fully saturated rings. The minimum Gasteiger partial charge on any atom is -0.347 e. The van der Waals surface area contributed by atoms with Crippen LogP contribution < -0.4 is 11.0 Å². The molecular formula is C9H10NO2P. The van der Waals surface area contributed by atoms with Crippen LogP contribution in [0.25, 0.3) is 0 Å². The van der Waals surface area contributed by atoms with Crippen molar-refractivity contribution in [1.82, 2.24) is 0 Å². The van der Waals surface area contributed by atoms with Gasteiger partial charge in [-0.05, 0) is 17.7 Å². The number of benzene rings is 1. The van der Waals surface area contributed by atoms with Gasteiger partial charge in [0.2, 0.25) is 0 Å². The van der Waals surface area contributed by atoms with Gasteiger partial charge in [-0.25, -0.2) is 0 Å². The van der Waals surface area contributed by atoms with Crippen LogP contribution in [0.15, 0.2) is 18.2 Å². The lowest BCUT2D eigenvalue weighted by molar-refractivity contribution is 0.496. The molecule has 1 rings (SSSR count). The SMILES string of the molecule is C#Cc1ccc(CN)c(P(O)O)c1. The smallest absolute Gasteiger partial charge is 0.199 e. The zero-order valence-corrected chi connectivity index (χ0v) is 7.83. The summed E-state index contributed by atoms with van der Waals surface area (Å²) in [5, 5.41) is 0.438. The van der Waals surface area contributed by atoms with Crippen LogP contribution in [-0.2, 0) is 6.54 Å². The molecule has 0 aliphatic heterocycles. The average Bonchev–Trinajstić information content (AvgIpc) is 2.16. The molecule has 1 aromatic carbocycles. The topological polar surface area (TPSA) is 66.5 Å². The quantitative estimate of drug-likeness (QED) is 0.461. The molecule has 0 amide bonds. The summed E-state index contributed by atoms with van der Waals surface area (Å²) in [5.74, 6) is 2.42. The van der Waals surface area contributed by atoms with Crippen LogP contribution in [0, 0.1) is 12.3 Å². The van der Waals surface area contributed by atoms with Crippen molar-refractivity contribution in [1.29, 1.82) is 0 Å². The van der Waals surface area contributed by atoms with Crippen molar-refractivity contribution >= 4 is 13.7 Å². The molecule has 0 bridgehead atoms. The van der Waals surface area contributed by atoms with E-state index in [-0.39, 0.29) is 6.54 Å². The predicted molar refractivity (Wildman–Crippen MR) is 53.3 cm³/mol. The first kappa shape index (κ1) is 10.2. The summed E-state index contributed by atoms with van der Waals surface area (Å²) in [7, 11) is -2.12. The number of hydrogen-bond acceptors (Lipinski definition) is 3. The third-order valence-electron chi connectivity index (χ3n) is 1.69. The molecule has 3 nitrogen and oxygen atoms in total. The van der Waals surface area contributed by atoms with Gasteiger partial charge < -0.3 is 15.5 Å². The first-order valence-electron chi connectivity index (χ1n) is 3.66. The number of rotatable bonds is 2. The molecule has 0 saturated heterocycles. The molecule has 0 atom stereocenters. The molecule has 0 heterocycles. The zero-order chi connectivity index (χ0) is 9.84. The molecule has 0 aliphatic rings. The Hall–Kier alpha value is -0.910. The fourth-order valence-electron chi connectivity index (χ4n) is 1.01. The second kappa shape index (κ2) is 4.36. The lowest BCUT2D eigenvalue weighted by Crippen LogP contribution is -2.12. The molecule has 0 saturated carbocycles. The van der Waals surface area contributed by atoms with E-state index >= 15 is 0 Å². The molecule has 0 spiro atoms. The monoisotopic (exact) mass is 195 g/mol. The van der Waals surface area contributed by atoms with Gasteiger partial charge in [-0.3, -0.25) is 0 Å². The second-order valence-corrected chi connectivity index (χ2v) is 3.54. The summed E-state index contributed by atoms with van der Waals surface area (Å²) in [5.41, 5.74) is 6.76. The second-order valence-electron chi connectivity index (χ2n) is 2.48. The van der Waals surface area contributed by atoms with Crippen LogP contribution in [-0.4, -0.2) is 9.79 Å². The summed E-state index contributed by atoms with van der Waals surface area (Å²) < 4.78 is 0. The van der Waals surface area contributed by atoms with Gasteiger partial charge in [0, 0.05) is 17.4 Å². The Morgan fingerprint density at radius 1 is 1.46 bits per heavy atom. The standard InChI is InChI=1S/C9H10NO2P/c1-2-7-3-4-8(6-10)9(5-7)13(11)12/h1,3-5,11-12H,6,10H2. The highest BCUT2D eigenvalue weighted by atomic mass is 31.2. The zero-order valence-electron chi connectivity index (χ0n) is 6.94. The molecular weight excluding hydrogens is 185 g/mol. The van der Waals surface area contributed by atoms with Crippen molar-refractivity contribution in [2.45, 2.75) is 6.54 Å². The van der Waals surface area contributed by atoms with Gasteiger partial charge in [-0.15, -0.1) is 6.42 Å². The predicted octanol–water partition coefficient (Wildman–Crippen LogP) is 0.0484. The number of hydrogen-bond donors (Lipinski definition) is 3. The van der Waals surface area contributed by atoms with Gasteiger partial charge in [0.1, 0.15) is 0 Å². The van der Waals surface area contributed by atoms with Crippen molar-refractivity contribution < 1.29 is 9.79 Å². The Kier molecular flexibility index (Phi) is 3.41. The van der Waals surface area contributed by atoms with Gasteiger partial charge in [-0.1, -0.05) is 12.0 Å². The Morgan fingerprint density at radius 3 is 2.62 bits per heavy atom. The van der Waals surface area contributed by atoms with Crippen molar-refractivity contribution in [2.75, 3.05) is 0 Å². The Morgan fingerprint density at radius 2 is 2.15 bits per heavy atom. The van der Waals surface area contributed by atoms with Gasteiger partial charge >= 0.3 is 0 Å². The minimum atomic E-state index is -2.12. The van der Waals surface area contributed by atoms with Gasteiger partial charge in [0.05, 0.1) is 0 Å². The highest BCUT2D eigenvalue weighted by Crippen LogP contribution is 2.24. The first-order chi connectivity index (χ1) is 6.19. The van der Waals surface area contributed by atoms with Crippen LogP contribution in [0.1, 0.15) is 11.1 Å². The Balaban J connectivity index is 3.20. The van der Waals surface area contributed by atoms with E-state index in [0.717, 1.165) is 5.56 Å². The van der Waals surface area contributed by atoms with E-state index in [0.29, 0.717) is 10.9 Å². The highest BCUT2D eigenvalue weighted by molar-refractivity contribution is 7.54. The van der Waals surface area contributed by atoms with Gasteiger partial charge in [0.15, 0.2) is 8.38 Å². The molecule has 0 unspecified atom stereocenters. The third-order valence-corrected chi connectivity index (χ3v) is 2.53. The Labute approximate surface area is 78.1 Å². The average molecular weight is 195 g/mol. The van der Waals surface area contributed by atoms with Crippen molar-refractivity contribution in [2.24, 2.45) is 5.73 Å². The van der Waals surface area contributed by atoms with E-state index in [1.807, 2.05) is 0 Å². The molecule has 0 radical (unpaired) electrons. The van der Waals surface area contributed by atoms with E-state index in [1.165, 1.54) is 0 Å². The van der Waals surface area contributed by atoms with Crippen molar-refractivity contribution in [3.05, 3.63) is 29.3 Å². The molecule has 4 N–H and O–H groups in total. The molecule has 68 valence electrons. The molecule has 13 heavy (non-hydrogen) atoms. The van der Waals surface area contributed by atoms with Crippen LogP contribution in [0.5, 0.6) is 0 Å². The van der Waals surface area contributed by atoms with E-state index in [4.69, 9.17) is 21.9 Å². The number of terminal acetylenes is 1. The Bertz CT molecular complexity index is 344. The summed E-state index contributed by atoms with van der Waals surface area (Å²) >= 11 is 0. The molecule has 0 aromatic heterocycles. The highest BCUT2D eigenvalue weighted by Gasteiger charge is 2.09. The fraction of sp³-hybridized carbons (Fsp3) is 0.111. The first-order valence-corrected chi connectivity index (χ1v) is 4.91. The minimum absolute atomic E-state index is 0.278. The normalized spacial score (nSPS) is 10.1. The maximum absolute atomic E-state index is 9.05. The lowest BCUT2D eigenvalue weighted by Gasteiger charge is -2.08. The largest absolute Gasteiger partial charge is 0.347 e. The molecule has 1 aromatic rings. The van der Waals surface area contributed by atoms with E-state index in [9.17, 15) is 0 Å². The number of nitrogens with two attached hydrogens (primary N) is 1. The summed E-state index contributed by atoms with van der Waals surface area (Å²) in [6.45, 7) is 0.278. The molecule has 0 aliphatic carbocycles. The van der Waals surface area contributed by atoms with Gasteiger partial charge in [-0.2, -0.15) is 0 Å². The van der Waals surface area contributed by atoms with Crippen LogP contribution >= 0.6 is 8.38 Å². The fourth-order valence-corrected chi connectivity index (χ4v) is 1.69. The van der Waals surface area contributed by atoms with Crippen LogP contribution in [0.4, 0.5) is 0 Å². The lowest BCUT2D eigenvalue weighted by atomic mass is 10.1. The molecule has 4 heteroatoms. The van der Waals surface area contributed by atoms with Crippen LogP contribution in [0.3, 0.4) is 0 Å². The van der Waals surface area contributed by atoms with Crippen LogP contribution in [0.2, 0.25) is 0 Å². The van der Waals surface area contributed by atoms with E-state index in [2.05, 4.69) is 5.92 Å². The van der Waals surface area contributed by atoms with Crippen molar-refractivity contribution in [3.63, 3.8) is 0 Å². The van der Waals surface area contributed by atoms with Crippen molar-refractivity contribution in [3.8, 4) is 12.3 Å².